The fraction of sp³-hybridized carbons (Fsp3) is 0.741. The zero-order valence-corrected chi connectivity index (χ0v) is 19.9. The number of carbonyl (C=O) groups excluding carboxylic acids is 1. The lowest BCUT2D eigenvalue weighted by Crippen LogP contribution is -2.30. The van der Waals surface area contributed by atoms with E-state index in [2.05, 4.69) is 6.92 Å². The molecule has 0 amide bonds. The number of benzene rings is 1. The third-order valence-electron chi connectivity index (χ3n) is 7.43. The molecule has 2 fully saturated rings. The van der Waals surface area contributed by atoms with Crippen LogP contribution in [0.25, 0.3) is 0 Å². The van der Waals surface area contributed by atoms with Crippen molar-refractivity contribution in [3.63, 3.8) is 0 Å². The van der Waals surface area contributed by atoms with Crippen LogP contribution < -0.4 is 4.74 Å². The number of hydrogen-bond acceptors (Lipinski definition) is 3. The van der Waals surface area contributed by atoms with E-state index in [1.165, 1.54) is 64.2 Å². The molecule has 1 aromatic carbocycles. The van der Waals surface area contributed by atoms with Crippen LogP contribution in [-0.4, -0.2) is 18.7 Å². The molecule has 6 heteroatoms. The Bertz CT molecular complexity index is 715. The van der Waals surface area contributed by atoms with Gasteiger partial charge < -0.3 is 9.47 Å². The summed E-state index contributed by atoms with van der Waals surface area (Å²) in [5, 5.41) is 0. The molecule has 0 radical (unpaired) electrons. The van der Waals surface area contributed by atoms with Crippen molar-refractivity contribution < 1.29 is 27.4 Å². The molecule has 0 aliphatic heterocycles. The first-order valence-electron chi connectivity index (χ1n) is 12.9. The van der Waals surface area contributed by atoms with E-state index in [-0.39, 0.29) is 17.8 Å². The van der Waals surface area contributed by atoms with Crippen molar-refractivity contribution in [1.29, 1.82) is 0 Å². The molecule has 3 nitrogen and oxygen atoms in total. The van der Waals surface area contributed by atoms with Gasteiger partial charge in [0.1, 0.15) is 5.75 Å². The second-order valence-corrected chi connectivity index (χ2v) is 10.0. The number of hydrogen-bond donors (Lipinski definition) is 0. The Kier molecular flexibility index (Phi) is 10.5. The lowest BCUT2D eigenvalue weighted by molar-refractivity contribution is -0.141. The zero-order valence-electron chi connectivity index (χ0n) is 19.9. The van der Waals surface area contributed by atoms with Gasteiger partial charge in [-0.25, -0.2) is 13.2 Å². The number of unbranched alkanes of at least 4 members (excludes halogenated alkanes) is 4. The van der Waals surface area contributed by atoms with Gasteiger partial charge in [0.25, 0.3) is 0 Å². The summed E-state index contributed by atoms with van der Waals surface area (Å²) in [6.45, 7) is 3.06. The SMILES string of the molecule is CCCCCCC[C@H]1CC[C@H](CO[C@H]2CC[C@H](C(=O)Oc3cc(F)c(F)c(F)c3)CC2)CC1. The van der Waals surface area contributed by atoms with Crippen LogP contribution in [0.1, 0.15) is 96.8 Å². The maximum atomic E-state index is 13.3. The molecule has 2 aliphatic rings. The van der Waals surface area contributed by atoms with Gasteiger partial charge in [0, 0.05) is 18.7 Å². The molecule has 33 heavy (non-hydrogen) atoms. The second-order valence-electron chi connectivity index (χ2n) is 10.0. The van der Waals surface area contributed by atoms with E-state index < -0.39 is 23.4 Å². The first-order chi connectivity index (χ1) is 16.0. The minimum Gasteiger partial charge on any atom is -0.426 e. The quantitative estimate of drug-likeness (QED) is 0.144. The van der Waals surface area contributed by atoms with Crippen molar-refractivity contribution in [2.75, 3.05) is 6.61 Å². The van der Waals surface area contributed by atoms with Gasteiger partial charge in [0.15, 0.2) is 17.5 Å². The van der Waals surface area contributed by atoms with Gasteiger partial charge in [-0.1, -0.05) is 58.3 Å². The first kappa shape index (κ1) is 26.1. The summed E-state index contributed by atoms with van der Waals surface area (Å²) in [7, 11) is 0. The fourth-order valence-corrected chi connectivity index (χ4v) is 5.25. The van der Waals surface area contributed by atoms with Gasteiger partial charge >= 0.3 is 5.97 Å². The minimum absolute atomic E-state index is 0.158. The van der Waals surface area contributed by atoms with Crippen LogP contribution in [0.15, 0.2) is 12.1 Å². The van der Waals surface area contributed by atoms with Gasteiger partial charge in [0.2, 0.25) is 0 Å². The van der Waals surface area contributed by atoms with Crippen LogP contribution in [0.3, 0.4) is 0 Å². The number of halogens is 3. The number of rotatable bonds is 11. The molecule has 0 N–H and O–H groups in total. The van der Waals surface area contributed by atoms with Crippen LogP contribution in [0.5, 0.6) is 5.75 Å². The summed E-state index contributed by atoms with van der Waals surface area (Å²) in [6.07, 6.45) is 16.3. The molecule has 2 aliphatic carbocycles. The lowest BCUT2D eigenvalue weighted by Gasteiger charge is -2.31. The molecule has 0 spiro atoms. The molecular formula is C27H39F3O3. The predicted octanol–water partition coefficient (Wildman–Crippen LogP) is 7.75. The van der Waals surface area contributed by atoms with Crippen molar-refractivity contribution in [3.05, 3.63) is 29.6 Å². The van der Waals surface area contributed by atoms with E-state index >= 15 is 0 Å². The Labute approximate surface area is 196 Å². The molecule has 186 valence electrons. The highest BCUT2D eigenvalue weighted by molar-refractivity contribution is 5.75. The average Bonchev–Trinajstić information content (AvgIpc) is 2.82. The van der Waals surface area contributed by atoms with E-state index in [1.807, 2.05) is 0 Å². The van der Waals surface area contributed by atoms with E-state index in [1.54, 1.807) is 0 Å². The largest absolute Gasteiger partial charge is 0.426 e. The van der Waals surface area contributed by atoms with Gasteiger partial charge in [-0.3, -0.25) is 4.79 Å². The molecule has 0 saturated heterocycles. The Morgan fingerprint density at radius 2 is 1.45 bits per heavy atom. The molecule has 0 aromatic heterocycles. The number of ether oxygens (including phenoxy) is 2. The van der Waals surface area contributed by atoms with Crippen LogP contribution in [0.2, 0.25) is 0 Å². The second kappa shape index (κ2) is 13.4. The molecule has 3 rings (SSSR count). The molecule has 0 atom stereocenters. The number of carbonyl (C=O) groups is 1. The Morgan fingerprint density at radius 3 is 2.09 bits per heavy atom. The van der Waals surface area contributed by atoms with Crippen LogP contribution in [0.4, 0.5) is 13.2 Å². The molecule has 0 unspecified atom stereocenters. The summed E-state index contributed by atoms with van der Waals surface area (Å²) in [4.78, 5) is 12.3. The van der Waals surface area contributed by atoms with Gasteiger partial charge in [-0.05, 0) is 50.4 Å². The molecule has 0 bridgehead atoms. The predicted molar refractivity (Wildman–Crippen MR) is 122 cm³/mol. The fourth-order valence-electron chi connectivity index (χ4n) is 5.25. The molecular weight excluding hydrogens is 429 g/mol. The van der Waals surface area contributed by atoms with Crippen LogP contribution >= 0.6 is 0 Å². The Morgan fingerprint density at radius 1 is 0.848 bits per heavy atom. The van der Waals surface area contributed by atoms with Crippen molar-refractivity contribution in [3.8, 4) is 5.75 Å². The Balaban J connectivity index is 1.29. The van der Waals surface area contributed by atoms with E-state index in [4.69, 9.17) is 9.47 Å². The summed E-state index contributed by atoms with van der Waals surface area (Å²) in [5.74, 6) is -3.90. The first-order valence-corrected chi connectivity index (χ1v) is 12.9. The Hall–Kier alpha value is -1.56. The monoisotopic (exact) mass is 468 g/mol. The van der Waals surface area contributed by atoms with Gasteiger partial charge in [-0.2, -0.15) is 0 Å². The van der Waals surface area contributed by atoms with Crippen LogP contribution in [0, 0.1) is 35.2 Å². The summed E-state index contributed by atoms with van der Waals surface area (Å²) < 4.78 is 51.0. The average molecular weight is 469 g/mol. The topological polar surface area (TPSA) is 35.5 Å². The summed E-state index contributed by atoms with van der Waals surface area (Å²) in [6, 6.07) is 1.40. The highest BCUT2D eigenvalue weighted by Gasteiger charge is 2.29. The standard InChI is InChI=1S/C27H39F3O3/c1-2-3-4-5-6-7-19-8-10-20(11-9-19)18-32-22-14-12-21(13-15-22)27(31)33-23-16-24(28)26(30)25(29)17-23/h16-17,19-22H,2-15,18H2,1H3/t19-,20-,21-,22-. The van der Waals surface area contributed by atoms with E-state index in [0.29, 0.717) is 30.9 Å². The zero-order chi connectivity index (χ0) is 23.6. The lowest BCUT2D eigenvalue weighted by atomic mass is 9.80. The molecule has 2 saturated carbocycles. The molecule has 0 heterocycles. The van der Waals surface area contributed by atoms with Gasteiger partial charge in [-0.15, -0.1) is 0 Å². The number of esters is 1. The molecule has 1 aromatic rings. The van der Waals surface area contributed by atoms with E-state index in [9.17, 15) is 18.0 Å². The van der Waals surface area contributed by atoms with Crippen molar-refractivity contribution in [2.24, 2.45) is 17.8 Å². The third kappa shape index (κ3) is 8.31. The minimum atomic E-state index is -1.57. The summed E-state index contributed by atoms with van der Waals surface area (Å²) >= 11 is 0. The highest BCUT2D eigenvalue weighted by Crippen LogP contribution is 2.34. The van der Waals surface area contributed by atoms with E-state index in [0.717, 1.165) is 25.4 Å². The maximum absolute atomic E-state index is 13.3. The maximum Gasteiger partial charge on any atom is 0.314 e. The van der Waals surface area contributed by atoms with Gasteiger partial charge in [0.05, 0.1) is 12.0 Å². The highest BCUT2D eigenvalue weighted by atomic mass is 19.2. The van der Waals surface area contributed by atoms with Crippen molar-refractivity contribution in [1.82, 2.24) is 0 Å². The van der Waals surface area contributed by atoms with Crippen molar-refractivity contribution in [2.45, 2.75) is 103 Å². The third-order valence-corrected chi connectivity index (χ3v) is 7.43. The summed E-state index contributed by atoms with van der Waals surface area (Å²) in [5.41, 5.74) is 0. The normalized spacial score (nSPS) is 25.7. The van der Waals surface area contributed by atoms with Crippen LogP contribution in [-0.2, 0) is 9.53 Å². The smallest absolute Gasteiger partial charge is 0.314 e. The van der Waals surface area contributed by atoms with Crippen molar-refractivity contribution >= 4 is 5.97 Å².